The van der Waals surface area contributed by atoms with Crippen LogP contribution in [-0.4, -0.2) is 24.8 Å². The summed E-state index contributed by atoms with van der Waals surface area (Å²) in [6.45, 7) is 2.46. The smallest absolute Gasteiger partial charge is 0.306 e. The molecule has 72 valence electrons. The first-order chi connectivity index (χ1) is 6.27. The van der Waals surface area contributed by atoms with Crippen LogP contribution in [0.4, 0.5) is 0 Å². The SMILES string of the molecule is C#C[C@H](OC(=O)CC)[C@H]1CCCO1. The van der Waals surface area contributed by atoms with E-state index in [0.29, 0.717) is 13.0 Å². The van der Waals surface area contributed by atoms with E-state index in [0.717, 1.165) is 12.8 Å². The summed E-state index contributed by atoms with van der Waals surface area (Å²) < 4.78 is 10.4. The lowest BCUT2D eigenvalue weighted by molar-refractivity contribution is -0.150. The monoisotopic (exact) mass is 182 g/mol. The molecule has 1 heterocycles. The van der Waals surface area contributed by atoms with Crippen molar-refractivity contribution in [2.45, 2.75) is 38.4 Å². The van der Waals surface area contributed by atoms with Crippen molar-refractivity contribution >= 4 is 5.97 Å². The minimum atomic E-state index is -0.505. The van der Waals surface area contributed by atoms with E-state index in [1.165, 1.54) is 0 Å². The zero-order valence-electron chi connectivity index (χ0n) is 7.79. The van der Waals surface area contributed by atoms with Gasteiger partial charge >= 0.3 is 5.97 Å². The number of hydrogen-bond donors (Lipinski definition) is 0. The Bertz CT molecular complexity index is 211. The number of terminal acetylenes is 1. The van der Waals surface area contributed by atoms with Crippen molar-refractivity contribution in [1.82, 2.24) is 0 Å². The van der Waals surface area contributed by atoms with Gasteiger partial charge in [0, 0.05) is 13.0 Å². The van der Waals surface area contributed by atoms with E-state index in [1.54, 1.807) is 6.92 Å². The summed E-state index contributed by atoms with van der Waals surface area (Å²) in [4.78, 5) is 11.0. The lowest BCUT2D eigenvalue weighted by Crippen LogP contribution is -2.29. The van der Waals surface area contributed by atoms with E-state index in [2.05, 4.69) is 5.92 Å². The first kappa shape index (κ1) is 10.1. The van der Waals surface area contributed by atoms with E-state index in [4.69, 9.17) is 15.9 Å². The highest BCUT2D eigenvalue weighted by atomic mass is 16.6. The second-order valence-electron chi connectivity index (χ2n) is 2.98. The van der Waals surface area contributed by atoms with Gasteiger partial charge in [-0.05, 0) is 12.8 Å². The fraction of sp³-hybridized carbons (Fsp3) is 0.700. The van der Waals surface area contributed by atoms with Crippen molar-refractivity contribution < 1.29 is 14.3 Å². The van der Waals surface area contributed by atoms with Crippen molar-refractivity contribution in [3.63, 3.8) is 0 Å². The third-order valence-corrected chi connectivity index (χ3v) is 2.01. The third kappa shape index (κ3) is 2.74. The van der Waals surface area contributed by atoms with Gasteiger partial charge in [-0.15, -0.1) is 6.42 Å². The highest BCUT2D eigenvalue weighted by molar-refractivity contribution is 5.69. The number of ether oxygens (including phenoxy) is 2. The summed E-state index contributed by atoms with van der Waals surface area (Å²) in [6, 6.07) is 0. The first-order valence-corrected chi connectivity index (χ1v) is 4.55. The van der Waals surface area contributed by atoms with Gasteiger partial charge < -0.3 is 9.47 Å². The maximum atomic E-state index is 11.0. The van der Waals surface area contributed by atoms with Crippen molar-refractivity contribution in [3.05, 3.63) is 0 Å². The summed E-state index contributed by atoms with van der Waals surface area (Å²) >= 11 is 0. The Kier molecular flexibility index (Phi) is 3.78. The van der Waals surface area contributed by atoms with Crippen molar-refractivity contribution in [2.24, 2.45) is 0 Å². The van der Waals surface area contributed by atoms with Crippen molar-refractivity contribution in [1.29, 1.82) is 0 Å². The van der Waals surface area contributed by atoms with Crippen molar-refractivity contribution in [3.8, 4) is 12.3 Å². The maximum Gasteiger partial charge on any atom is 0.306 e. The van der Waals surface area contributed by atoms with Gasteiger partial charge in [-0.25, -0.2) is 0 Å². The number of carbonyl (C=O) groups is 1. The molecule has 3 nitrogen and oxygen atoms in total. The van der Waals surface area contributed by atoms with Crippen molar-refractivity contribution in [2.75, 3.05) is 6.61 Å². The first-order valence-electron chi connectivity index (χ1n) is 4.55. The van der Waals surface area contributed by atoms with E-state index in [9.17, 15) is 4.79 Å². The summed E-state index contributed by atoms with van der Waals surface area (Å²) in [5.41, 5.74) is 0. The molecule has 0 aromatic rings. The molecule has 1 aliphatic heterocycles. The third-order valence-electron chi connectivity index (χ3n) is 2.01. The summed E-state index contributed by atoms with van der Waals surface area (Å²) in [5, 5.41) is 0. The van der Waals surface area contributed by atoms with Gasteiger partial charge in [0.25, 0.3) is 0 Å². The maximum absolute atomic E-state index is 11.0. The van der Waals surface area contributed by atoms with E-state index < -0.39 is 6.10 Å². The molecule has 0 aliphatic carbocycles. The molecule has 0 N–H and O–H groups in total. The fourth-order valence-corrected chi connectivity index (χ4v) is 1.28. The fourth-order valence-electron chi connectivity index (χ4n) is 1.28. The molecule has 0 amide bonds. The highest BCUT2D eigenvalue weighted by Gasteiger charge is 2.26. The van der Waals surface area contributed by atoms with E-state index in [1.807, 2.05) is 0 Å². The zero-order valence-corrected chi connectivity index (χ0v) is 7.79. The Morgan fingerprint density at radius 1 is 1.85 bits per heavy atom. The van der Waals surface area contributed by atoms with Crippen LogP contribution in [0.1, 0.15) is 26.2 Å². The second-order valence-corrected chi connectivity index (χ2v) is 2.98. The molecule has 0 unspecified atom stereocenters. The zero-order chi connectivity index (χ0) is 9.68. The number of rotatable bonds is 3. The standard InChI is InChI=1S/C10H14O3/c1-3-8(13-10(11)4-2)9-6-5-7-12-9/h1,8-9H,4-7H2,2H3/t8-,9+/m0/s1. The summed E-state index contributed by atoms with van der Waals surface area (Å²) in [5.74, 6) is 2.18. The Balaban J connectivity index is 2.43. The van der Waals surface area contributed by atoms with Gasteiger partial charge in [-0.1, -0.05) is 12.8 Å². The van der Waals surface area contributed by atoms with Gasteiger partial charge in [0.2, 0.25) is 0 Å². The number of carbonyl (C=O) groups excluding carboxylic acids is 1. The van der Waals surface area contributed by atoms with Crippen LogP contribution in [-0.2, 0) is 14.3 Å². The van der Waals surface area contributed by atoms with E-state index in [-0.39, 0.29) is 12.1 Å². The van der Waals surface area contributed by atoms with Crippen LogP contribution in [0.5, 0.6) is 0 Å². The van der Waals surface area contributed by atoms with Crippen LogP contribution in [0.15, 0.2) is 0 Å². The largest absolute Gasteiger partial charge is 0.446 e. The van der Waals surface area contributed by atoms with Gasteiger partial charge in [0.15, 0.2) is 6.10 Å². The summed E-state index contributed by atoms with van der Waals surface area (Å²) in [6.07, 6.45) is 6.87. The molecule has 1 aliphatic rings. The van der Waals surface area contributed by atoms with Crippen LogP contribution in [0.2, 0.25) is 0 Å². The second kappa shape index (κ2) is 4.88. The quantitative estimate of drug-likeness (QED) is 0.484. The Hall–Kier alpha value is -1.01. The molecule has 0 saturated carbocycles. The van der Waals surface area contributed by atoms with Gasteiger partial charge in [-0.2, -0.15) is 0 Å². The Morgan fingerprint density at radius 2 is 2.62 bits per heavy atom. The predicted octanol–water partition coefficient (Wildman–Crippen LogP) is 1.12. The molecular formula is C10H14O3. The predicted molar refractivity (Wildman–Crippen MR) is 48.0 cm³/mol. The molecule has 0 aromatic heterocycles. The highest BCUT2D eigenvalue weighted by Crippen LogP contribution is 2.17. The molecule has 0 bridgehead atoms. The lowest BCUT2D eigenvalue weighted by Gasteiger charge is -2.17. The Morgan fingerprint density at radius 3 is 3.08 bits per heavy atom. The average molecular weight is 182 g/mol. The molecule has 2 atom stereocenters. The molecule has 0 spiro atoms. The lowest BCUT2D eigenvalue weighted by atomic mass is 10.1. The van der Waals surface area contributed by atoms with Crippen LogP contribution in [0.25, 0.3) is 0 Å². The molecule has 1 saturated heterocycles. The molecule has 3 heteroatoms. The van der Waals surface area contributed by atoms with Crippen LogP contribution < -0.4 is 0 Å². The Labute approximate surface area is 78.4 Å². The average Bonchev–Trinajstić information content (AvgIpc) is 2.66. The van der Waals surface area contributed by atoms with Gasteiger partial charge in [0.1, 0.15) is 6.10 Å². The summed E-state index contributed by atoms with van der Waals surface area (Å²) in [7, 11) is 0. The van der Waals surface area contributed by atoms with Gasteiger partial charge in [-0.3, -0.25) is 4.79 Å². The number of hydrogen-bond acceptors (Lipinski definition) is 3. The molecule has 13 heavy (non-hydrogen) atoms. The van der Waals surface area contributed by atoms with Crippen LogP contribution in [0, 0.1) is 12.3 Å². The topological polar surface area (TPSA) is 35.5 Å². The number of esters is 1. The van der Waals surface area contributed by atoms with Gasteiger partial charge in [0.05, 0.1) is 0 Å². The molecule has 1 rings (SSSR count). The molecule has 0 radical (unpaired) electrons. The van der Waals surface area contributed by atoms with Crippen LogP contribution in [0.3, 0.4) is 0 Å². The van der Waals surface area contributed by atoms with Crippen LogP contribution >= 0.6 is 0 Å². The molecule has 0 aromatic carbocycles. The molecule has 1 fully saturated rings. The minimum absolute atomic E-state index is 0.0968. The minimum Gasteiger partial charge on any atom is -0.446 e. The normalized spacial score (nSPS) is 23.5. The molecular weight excluding hydrogens is 168 g/mol. The van der Waals surface area contributed by atoms with E-state index >= 15 is 0 Å².